The molecule has 1 unspecified atom stereocenters. The first-order valence-corrected chi connectivity index (χ1v) is 7.21. The lowest BCUT2D eigenvalue weighted by atomic mass is 10.2. The molecule has 4 heteroatoms. The zero-order chi connectivity index (χ0) is 9.64. The van der Waals surface area contributed by atoms with Crippen molar-refractivity contribution in [2.24, 2.45) is 0 Å². The van der Waals surface area contributed by atoms with Crippen LogP contribution < -0.4 is 0 Å². The second-order valence-corrected chi connectivity index (χ2v) is 6.26. The van der Waals surface area contributed by atoms with Gasteiger partial charge in [0.25, 0.3) is 0 Å². The first-order chi connectivity index (χ1) is 6.97. The van der Waals surface area contributed by atoms with Crippen LogP contribution in [0.3, 0.4) is 0 Å². The molecule has 14 heavy (non-hydrogen) atoms. The van der Waals surface area contributed by atoms with Gasteiger partial charge in [0, 0.05) is 5.66 Å². The minimum atomic E-state index is -0.381. The van der Waals surface area contributed by atoms with E-state index < -0.39 is 0 Å². The van der Waals surface area contributed by atoms with Crippen LogP contribution in [0.5, 0.6) is 0 Å². The summed E-state index contributed by atoms with van der Waals surface area (Å²) in [6, 6.07) is 0. The molecule has 1 heterocycles. The van der Waals surface area contributed by atoms with Gasteiger partial charge in [-0.15, -0.1) is 0 Å². The number of rotatable bonds is 1. The summed E-state index contributed by atoms with van der Waals surface area (Å²) in [4.78, 5) is 4.84. The van der Waals surface area contributed by atoms with Crippen LogP contribution in [-0.4, -0.2) is 18.4 Å². The van der Waals surface area contributed by atoms with Gasteiger partial charge in [-0.25, -0.2) is 4.89 Å². The van der Waals surface area contributed by atoms with Crippen LogP contribution in [-0.2, 0) is 14.6 Å². The van der Waals surface area contributed by atoms with Gasteiger partial charge in [-0.05, 0) is 25.4 Å². The average Bonchev–Trinajstić information content (AvgIpc) is 2.62. The Kier molecular flexibility index (Phi) is 4.65. The minimum Gasteiger partial charge on any atom is -0.206 e. The van der Waals surface area contributed by atoms with Gasteiger partial charge < -0.3 is 0 Å². The SMILES string of the molecule is C1CCCC(P2CCCOOO2)CC1. The van der Waals surface area contributed by atoms with E-state index in [9.17, 15) is 0 Å². The molecule has 0 aromatic heterocycles. The molecule has 2 aliphatic rings. The Bertz CT molecular complexity index is 131. The van der Waals surface area contributed by atoms with Crippen LogP contribution in [0.15, 0.2) is 0 Å². The zero-order valence-electron chi connectivity index (χ0n) is 8.61. The second-order valence-electron chi connectivity index (χ2n) is 4.10. The summed E-state index contributed by atoms with van der Waals surface area (Å²) in [6.45, 7) is 0.686. The monoisotopic (exact) mass is 218 g/mol. The first kappa shape index (κ1) is 10.8. The van der Waals surface area contributed by atoms with Gasteiger partial charge in [-0.2, -0.15) is 4.67 Å². The van der Waals surface area contributed by atoms with Crippen molar-refractivity contribution in [3.8, 4) is 0 Å². The third-order valence-corrected chi connectivity index (χ3v) is 5.35. The third-order valence-electron chi connectivity index (χ3n) is 3.01. The van der Waals surface area contributed by atoms with Crippen molar-refractivity contribution in [2.45, 2.75) is 50.6 Å². The van der Waals surface area contributed by atoms with Gasteiger partial charge in [-0.3, -0.25) is 0 Å². The highest BCUT2D eigenvalue weighted by molar-refractivity contribution is 7.53. The van der Waals surface area contributed by atoms with Crippen LogP contribution in [0, 0.1) is 0 Å². The van der Waals surface area contributed by atoms with Crippen molar-refractivity contribution in [2.75, 3.05) is 12.8 Å². The highest BCUT2D eigenvalue weighted by Crippen LogP contribution is 2.49. The predicted molar refractivity (Wildman–Crippen MR) is 56.0 cm³/mol. The predicted octanol–water partition coefficient (Wildman–Crippen LogP) is 3.39. The van der Waals surface area contributed by atoms with Crippen molar-refractivity contribution >= 4 is 8.15 Å². The Morgan fingerprint density at radius 2 is 1.71 bits per heavy atom. The summed E-state index contributed by atoms with van der Waals surface area (Å²) < 4.78 is 5.34. The Balaban J connectivity index is 1.83. The van der Waals surface area contributed by atoms with Crippen LogP contribution >= 0.6 is 8.15 Å². The molecule has 2 fully saturated rings. The summed E-state index contributed by atoms with van der Waals surface area (Å²) in [5, 5.41) is 4.73. The molecular weight excluding hydrogens is 199 g/mol. The molecule has 2 rings (SSSR count). The smallest absolute Gasteiger partial charge is 0.0858 e. The largest absolute Gasteiger partial charge is 0.206 e. The second kappa shape index (κ2) is 6.02. The normalized spacial score (nSPS) is 32.1. The Labute approximate surface area is 86.8 Å². The lowest BCUT2D eigenvalue weighted by molar-refractivity contribution is -0.461. The molecule has 0 aromatic carbocycles. The molecule has 1 aliphatic carbocycles. The molecule has 0 N–H and O–H groups in total. The zero-order valence-corrected chi connectivity index (χ0v) is 9.51. The van der Waals surface area contributed by atoms with E-state index >= 15 is 0 Å². The topological polar surface area (TPSA) is 27.7 Å². The lowest BCUT2D eigenvalue weighted by Crippen LogP contribution is -2.07. The first-order valence-electron chi connectivity index (χ1n) is 5.70. The third kappa shape index (κ3) is 3.16. The Morgan fingerprint density at radius 1 is 0.929 bits per heavy atom. The standard InChI is InChI=1S/C10H19O3P/c1-2-4-7-10(6-3-1)14-9-5-8-11-12-13-14/h10H,1-9H2. The van der Waals surface area contributed by atoms with E-state index in [1.165, 1.54) is 38.5 Å². The maximum Gasteiger partial charge on any atom is 0.0858 e. The minimum absolute atomic E-state index is 0.381. The van der Waals surface area contributed by atoms with Crippen molar-refractivity contribution < 1.29 is 14.6 Å². The lowest BCUT2D eigenvalue weighted by Gasteiger charge is -2.21. The van der Waals surface area contributed by atoms with Crippen LogP contribution in [0.2, 0.25) is 0 Å². The van der Waals surface area contributed by atoms with Crippen LogP contribution in [0.1, 0.15) is 44.9 Å². The maximum absolute atomic E-state index is 5.34. The molecule has 1 atom stereocenters. The van der Waals surface area contributed by atoms with Gasteiger partial charge in [0.05, 0.1) is 14.8 Å². The van der Waals surface area contributed by atoms with Crippen molar-refractivity contribution in [3.05, 3.63) is 0 Å². The number of hydrogen-bond acceptors (Lipinski definition) is 3. The molecule has 0 bridgehead atoms. The molecule has 0 spiro atoms. The van der Waals surface area contributed by atoms with E-state index in [4.69, 9.17) is 14.6 Å². The van der Waals surface area contributed by atoms with Gasteiger partial charge in [-0.1, -0.05) is 30.7 Å². The molecule has 1 saturated heterocycles. The van der Waals surface area contributed by atoms with Gasteiger partial charge in [0.1, 0.15) is 0 Å². The summed E-state index contributed by atoms with van der Waals surface area (Å²) in [5.41, 5.74) is 0.759. The van der Waals surface area contributed by atoms with Crippen molar-refractivity contribution in [3.63, 3.8) is 0 Å². The summed E-state index contributed by atoms with van der Waals surface area (Å²) in [6.07, 6.45) is 10.4. The Morgan fingerprint density at radius 3 is 2.50 bits per heavy atom. The molecule has 0 aromatic rings. The van der Waals surface area contributed by atoms with E-state index in [-0.39, 0.29) is 8.15 Å². The molecule has 1 aliphatic heterocycles. The van der Waals surface area contributed by atoms with E-state index in [0.717, 1.165) is 18.2 Å². The number of hydrogen-bond donors (Lipinski definition) is 0. The molecule has 0 amide bonds. The molecule has 82 valence electrons. The molecule has 0 radical (unpaired) electrons. The van der Waals surface area contributed by atoms with Crippen molar-refractivity contribution in [1.29, 1.82) is 0 Å². The van der Waals surface area contributed by atoms with E-state index in [0.29, 0.717) is 6.61 Å². The summed E-state index contributed by atoms with van der Waals surface area (Å²) in [5.74, 6) is 0. The fourth-order valence-corrected chi connectivity index (χ4v) is 4.26. The summed E-state index contributed by atoms with van der Waals surface area (Å²) >= 11 is 0. The van der Waals surface area contributed by atoms with E-state index in [2.05, 4.69) is 0 Å². The molecule has 1 saturated carbocycles. The average molecular weight is 218 g/mol. The maximum atomic E-state index is 5.34. The fraction of sp³-hybridized carbons (Fsp3) is 1.00. The highest BCUT2D eigenvalue weighted by atomic mass is 31.1. The Hall–Kier alpha value is 0.310. The van der Waals surface area contributed by atoms with E-state index in [1.54, 1.807) is 0 Å². The molecule has 3 nitrogen and oxygen atoms in total. The van der Waals surface area contributed by atoms with Crippen molar-refractivity contribution in [1.82, 2.24) is 0 Å². The van der Waals surface area contributed by atoms with Crippen LogP contribution in [0.4, 0.5) is 0 Å². The molecular formula is C10H19O3P. The van der Waals surface area contributed by atoms with Gasteiger partial charge in [0.15, 0.2) is 0 Å². The quantitative estimate of drug-likeness (QED) is 0.383. The van der Waals surface area contributed by atoms with Gasteiger partial charge >= 0.3 is 0 Å². The van der Waals surface area contributed by atoms with E-state index in [1.807, 2.05) is 0 Å². The van der Waals surface area contributed by atoms with Gasteiger partial charge in [0.2, 0.25) is 0 Å². The highest BCUT2D eigenvalue weighted by Gasteiger charge is 2.26. The summed E-state index contributed by atoms with van der Waals surface area (Å²) in [7, 11) is -0.381. The van der Waals surface area contributed by atoms with Crippen LogP contribution in [0.25, 0.3) is 0 Å². The fourth-order valence-electron chi connectivity index (χ4n) is 2.20.